The van der Waals surface area contributed by atoms with Crippen LogP contribution in [0.4, 0.5) is 5.69 Å². The number of likely N-dealkylation sites (tertiary alicyclic amines) is 1. The highest BCUT2D eigenvalue weighted by molar-refractivity contribution is 6.45. The molecule has 0 saturated carbocycles. The molecule has 0 bridgehead atoms. The molecule has 2 unspecified atom stereocenters. The first-order valence-corrected chi connectivity index (χ1v) is 11.1. The molecule has 2 heterocycles. The van der Waals surface area contributed by atoms with Gasteiger partial charge in [0.2, 0.25) is 0 Å². The first kappa shape index (κ1) is 22.2. The van der Waals surface area contributed by atoms with Gasteiger partial charge in [-0.2, -0.15) is 0 Å². The Hall–Kier alpha value is -2.99. The predicted octanol–water partition coefficient (Wildman–Crippen LogP) is 4.62. The summed E-state index contributed by atoms with van der Waals surface area (Å²) in [6.07, 6.45) is 1.09. The minimum Gasteiger partial charge on any atom is -0.493 e. The van der Waals surface area contributed by atoms with Crippen molar-refractivity contribution in [1.29, 1.82) is 0 Å². The summed E-state index contributed by atoms with van der Waals surface area (Å²) in [6, 6.07) is 12.1. The number of rotatable bonds is 5. The number of nitrogens with zero attached hydrogens (tertiary/aromatic N) is 2. The third-order valence-corrected chi connectivity index (χ3v) is 6.22. The second kappa shape index (κ2) is 8.87. The highest BCUT2D eigenvalue weighted by Gasteiger charge is 2.44. The van der Waals surface area contributed by atoms with Gasteiger partial charge in [0.1, 0.15) is 5.70 Å². The van der Waals surface area contributed by atoms with Crippen LogP contribution in [0.15, 0.2) is 48.2 Å². The lowest BCUT2D eigenvalue weighted by Gasteiger charge is -2.37. The number of amides is 2. The minimum atomic E-state index is -0.370. The molecular formula is C25H27ClN2O4. The van der Waals surface area contributed by atoms with E-state index in [1.54, 1.807) is 56.7 Å². The summed E-state index contributed by atoms with van der Waals surface area (Å²) in [7, 11) is 3.11. The molecule has 7 heteroatoms. The van der Waals surface area contributed by atoms with Gasteiger partial charge in [0, 0.05) is 18.1 Å². The summed E-state index contributed by atoms with van der Waals surface area (Å²) in [6.45, 7) is 5.79. The van der Waals surface area contributed by atoms with Gasteiger partial charge in [-0.15, -0.1) is 0 Å². The lowest BCUT2D eigenvalue weighted by atomic mass is 9.91. The zero-order valence-corrected chi connectivity index (χ0v) is 19.5. The fourth-order valence-corrected chi connectivity index (χ4v) is 4.94. The van der Waals surface area contributed by atoms with Crippen LogP contribution >= 0.6 is 11.6 Å². The number of hydrogen-bond acceptors (Lipinski definition) is 5. The standard InChI is InChI=1S/C25H27ClN2O4/c1-15-10-16(2)14-27(13-15)23-22(17-8-9-20(31-3)21(11-17)32-4)24(29)28(25(23)30)19-7-5-6-18(26)12-19/h5-9,11-12,15-16H,10,13-14H2,1-4H3. The van der Waals surface area contributed by atoms with Crippen LogP contribution in [0.1, 0.15) is 25.8 Å². The molecule has 0 aromatic heterocycles. The van der Waals surface area contributed by atoms with Crippen LogP contribution in [-0.2, 0) is 9.59 Å². The Morgan fingerprint density at radius 1 is 0.906 bits per heavy atom. The topological polar surface area (TPSA) is 59.1 Å². The Labute approximate surface area is 193 Å². The maximum atomic E-state index is 13.7. The molecule has 2 atom stereocenters. The molecule has 0 radical (unpaired) electrons. The second-order valence-corrected chi connectivity index (χ2v) is 9.01. The van der Waals surface area contributed by atoms with E-state index in [1.165, 1.54) is 4.90 Å². The molecule has 168 valence electrons. The smallest absolute Gasteiger partial charge is 0.282 e. The summed E-state index contributed by atoms with van der Waals surface area (Å²) in [5.74, 6) is 1.19. The van der Waals surface area contributed by atoms with E-state index in [-0.39, 0.29) is 11.8 Å². The molecule has 0 spiro atoms. The fraction of sp³-hybridized carbons (Fsp3) is 0.360. The van der Waals surface area contributed by atoms with E-state index in [9.17, 15) is 9.59 Å². The van der Waals surface area contributed by atoms with Crippen LogP contribution in [0.2, 0.25) is 5.02 Å². The molecule has 2 aromatic carbocycles. The van der Waals surface area contributed by atoms with Crippen LogP contribution in [0.5, 0.6) is 11.5 Å². The third-order valence-electron chi connectivity index (χ3n) is 5.98. The van der Waals surface area contributed by atoms with Crippen molar-refractivity contribution in [3.8, 4) is 11.5 Å². The van der Waals surface area contributed by atoms with Crippen LogP contribution in [-0.4, -0.2) is 44.0 Å². The van der Waals surface area contributed by atoms with Gasteiger partial charge in [-0.3, -0.25) is 9.59 Å². The average molecular weight is 455 g/mol. The Morgan fingerprint density at radius 2 is 1.59 bits per heavy atom. The first-order chi connectivity index (χ1) is 15.3. The molecule has 1 saturated heterocycles. The van der Waals surface area contributed by atoms with Crippen molar-refractivity contribution >= 4 is 34.7 Å². The number of methoxy groups -OCH3 is 2. The normalized spacial score (nSPS) is 21.4. The predicted molar refractivity (Wildman–Crippen MR) is 125 cm³/mol. The molecule has 1 fully saturated rings. The molecule has 2 aliphatic rings. The molecular weight excluding hydrogens is 428 g/mol. The van der Waals surface area contributed by atoms with Gasteiger partial charge in [-0.1, -0.05) is 37.6 Å². The lowest BCUT2D eigenvalue weighted by molar-refractivity contribution is -0.120. The second-order valence-electron chi connectivity index (χ2n) is 8.57. The van der Waals surface area contributed by atoms with Crippen molar-refractivity contribution in [2.45, 2.75) is 20.3 Å². The largest absolute Gasteiger partial charge is 0.493 e. The van der Waals surface area contributed by atoms with Crippen molar-refractivity contribution in [1.82, 2.24) is 4.90 Å². The van der Waals surface area contributed by atoms with Gasteiger partial charge in [0.25, 0.3) is 11.8 Å². The van der Waals surface area contributed by atoms with E-state index in [4.69, 9.17) is 21.1 Å². The summed E-state index contributed by atoms with van der Waals surface area (Å²) >= 11 is 6.16. The summed E-state index contributed by atoms with van der Waals surface area (Å²) in [5.41, 5.74) is 1.88. The van der Waals surface area contributed by atoms with Crippen molar-refractivity contribution in [2.24, 2.45) is 11.8 Å². The van der Waals surface area contributed by atoms with Gasteiger partial charge in [-0.05, 0) is 54.2 Å². The number of anilines is 1. The van der Waals surface area contributed by atoms with Crippen LogP contribution in [0.25, 0.3) is 5.57 Å². The van der Waals surface area contributed by atoms with Gasteiger partial charge in [-0.25, -0.2) is 4.90 Å². The van der Waals surface area contributed by atoms with Crippen LogP contribution < -0.4 is 14.4 Å². The van der Waals surface area contributed by atoms with E-state index in [2.05, 4.69) is 18.7 Å². The van der Waals surface area contributed by atoms with Crippen LogP contribution in [0, 0.1) is 11.8 Å². The molecule has 0 N–H and O–H groups in total. The van der Waals surface area contributed by atoms with E-state index in [0.29, 0.717) is 50.9 Å². The molecule has 0 aliphatic carbocycles. The highest BCUT2D eigenvalue weighted by atomic mass is 35.5. The number of carbonyl (C=O) groups excluding carboxylic acids is 2. The zero-order chi connectivity index (χ0) is 23.0. The average Bonchev–Trinajstić information content (AvgIpc) is 3.02. The number of hydrogen-bond donors (Lipinski definition) is 0. The van der Waals surface area contributed by atoms with Gasteiger partial charge < -0.3 is 14.4 Å². The summed E-state index contributed by atoms with van der Waals surface area (Å²) in [5, 5.41) is 0.462. The van der Waals surface area contributed by atoms with Gasteiger partial charge in [0.15, 0.2) is 11.5 Å². The third kappa shape index (κ3) is 3.95. The quantitative estimate of drug-likeness (QED) is 0.617. The molecule has 2 amide bonds. The first-order valence-electron chi connectivity index (χ1n) is 10.7. The maximum Gasteiger partial charge on any atom is 0.282 e. The van der Waals surface area contributed by atoms with E-state index >= 15 is 0 Å². The molecule has 4 rings (SSSR count). The van der Waals surface area contributed by atoms with E-state index < -0.39 is 0 Å². The number of benzene rings is 2. The van der Waals surface area contributed by atoms with Crippen molar-refractivity contribution in [3.05, 3.63) is 58.7 Å². The summed E-state index contributed by atoms with van der Waals surface area (Å²) in [4.78, 5) is 30.7. The zero-order valence-electron chi connectivity index (χ0n) is 18.7. The Kier molecular flexibility index (Phi) is 6.15. The number of ether oxygens (including phenoxy) is 2. The molecule has 2 aliphatic heterocycles. The lowest BCUT2D eigenvalue weighted by Crippen LogP contribution is -2.42. The monoisotopic (exact) mass is 454 g/mol. The van der Waals surface area contributed by atoms with E-state index in [0.717, 1.165) is 19.5 Å². The Balaban J connectivity index is 1.87. The van der Waals surface area contributed by atoms with Crippen molar-refractivity contribution < 1.29 is 19.1 Å². The molecule has 2 aromatic rings. The highest BCUT2D eigenvalue weighted by Crippen LogP contribution is 2.40. The van der Waals surface area contributed by atoms with Gasteiger partial charge >= 0.3 is 0 Å². The van der Waals surface area contributed by atoms with Crippen molar-refractivity contribution in [3.63, 3.8) is 0 Å². The summed E-state index contributed by atoms with van der Waals surface area (Å²) < 4.78 is 10.8. The number of halogens is 1. The SMILES string of the molecule is COc1ccc(C2=C(N3CC(C)CC(C)C3)C(=O)N(c3cccc(Cl)c3)C2=O)cc1OC. The Morgan fingerprint density at radius 3 is 2.22 bits per heavy atom. The minimum absolute atomic E-state index is 0.330. The number of imide groups is 1. The Bertz CT molecular complexity index is 1090. The number of piperidine rings is 1. The number of carbonyl (C=O) groups is 2. The molecule has 32 heavy (non-hydrogen) atoms. The van der Waals surface area contributed by atoms with E-state index in [1.807, 2.05) is 0 Å². The maximum absolute atomic E-state index is 13.7. The van der Waals surface area contributed by atoms with Gasteiger partial charge in [0.05, 0.1) is 25.5 Å². The van der Waals surface area contributed by atoms with Crippen LogP contribution in [0.3, 0.4) is 0 Å². The van der Waals surface area contributed by atoms with Crippen molar-refractivity contribution in [2.75, 3.05) is 32.2 Å². The fourth-order valence-electron chi connectivity index (χ4n) is 4.76. The molecule has 6 nitrogen and oxygen atoms in total.